The van der Waals surface area contributed by atoms with Crippen molar-refractivity contribution < 1.29 is 27.6 Å². The maximum atomic E-state index is 13.4. The van der Waals surface area contributed by atoms with Gasteiger partial charge in [0.2, 0.25) is 17.4 Å². The fourth-order valence-corrected chi connectivity index (χ4v) is 2.81. The molecule has 0 spiro atoms. The Morgan fingerprint density at radius 3 is 2.24 bits per heavy atom. The molecule has 110 valence electrons. The summed E-state index contributed by atoms with van der Waals surface area (Å²) >= 11 is 0. The number of alkyl halides is 3. The van der Waals surface area contributed by atoms with E-state index in [1.807, 2.05) is 0 Å². The molecule has 0 aliphatic carbocycles. The van der Waals surface area contributed by atoms with E-state index in [1.54, 1.807) is 0 Å². The summed E-state index contributed by atoms with van der Waals surface area (Å²) in [5.41, 5.74) is -3.06. The molecule has 2 aliphatic heterocycles. The van der Waals surface area contributed by atoms with Crippen molar-refractivity contribution in [3.05, 3.63) is 24.3 Å². The monoisotopic (exact) mass is 298 g/mol. The number of benzene rings is 1. The lowest BCUT2D eigenvalue weighted by Gasteiger charge is -2.55. The van der Waals surface area contributed by atoms with Crippen LogP contribution in [0.15, 0.2) is 24.3 Å². The minimum atomic E-state index is -4.96. The van der Waals surface area contributed by atoms with E-state index in [2.05, 4.69) is 0 Å². The van der Waals surface area contributed by atoms with Gasteiger partial charge in [0, 0.05) is 6.92 Å². The van der Waals surface area contributed by atoms with Gasteiger partial charge < -0.3 is 0 Å². The lowest BCUT2D eigenvalue weighted by Crippen LogP contribution is -2.80. The van der Waals surface area contributed by atoms with Gasteiger partial charge in [-0.3, -0.25) is 19.3 Å². The van der Waals surface area contributed by atoms with Gasteiger partial charge in [-0.1, -0.05) is 12.1 Å². The summed E-state index contributed by atoms with van der Waals surface area (Å²) in [5, 5.41) is 0. The average Bonchev–Trinajstić information content (AvgIpc) is 2.35. The van der Waals surface area contributed by atoms with Gasteiger partial charge in [0.25, 0.3) is 5.91 Å². The Morgan fingerprint density at radius 2 is 1.76 bits per heavy atom. The van der Waals surface area contributed by atoms with E-state index >= 15 is 0 Å². The molecule has 8 heteroatoms. The first kappa shape index (κ1) is 13.6. The predicted octanol–water partition coefficient (Wildman–Crippen LogP) is 1.62. The van der Waals surface area contributed by atoms with Crippen LogP contribution in [0.2, 0.25) is 0 Å². The molecular weight excluding hydrogens is 289 g/mol. The van der Waals surface area contributed by atoms with Crippen molar-refractivity contribution in [3.8, 4) is 0 Å². The van der Waals surface area contributed by atoms with Gasteiger partial charge >= 0.3 is 6.18 Å². The highest BCUT2D eigenvalue weighted by atomic mass is 19.4. The summed E-state index contributed by atoms with van der Waals surface area (Å²) in [5.74, 6) is -3.05. The quantitative estimate of drug-likeness (QED) is 0.684. The Morgan fingerprint density at radius 1 is 1.19 bits per heavy atom. The van der Waals surface area contributed by atoms with Gasteiger partial charge in [-0.05, 0) is 12.1 Å². The molecule has 5 nitrogen and oxygen atoms in total. The first-order chi connectivity index (χ1) is 9.72. The van der Waals surface area contributed by atoms with Crippen molar-refractivity contribution in [2.75, 3.05) is 9.80 Å². The summed E-state index contributed by atoms with van der Waals surface area (Å²) in [6.07, 6.45) is -5.94. The molecule has 2 heterocycles. The van der Waals surface area contributed by atoms with E-state index in [-0.39, 0.29) is 11.4 Å². The van der Waals surface area contributed by atoms with Crippen LogP contribution in [0.5, 0.6) is 0 Å². The summed E-state index contributed by atoms with van der Waals surface area (Å²) in [4.78, 5) is 36.5. The lowest BCUT2D eigenvalue weighted by molar-refractivity contribution is -0.206. The Hall–Kier alpha value is -2.38. The summed E-state index contributed by atoms with van der Waals surface area (Å²) in [6.45, 7) is 1.01. The van der Waals surface area contributed by atoms with E-state index in [4.69, 9.17) is 0 Å². The third kappa shape index (κ3) is 1.44. The number of rotatable bonds is 0. The maximum absolute atomic E-state index is 13.4. The number of amides is 3. The second-order valence-corrected chi connectivity index (χ2v) is 4.91. The van der Waals surface area contributed by atoms with Crippen LogP contribution < -0.4 is 9.80 Å². The highest BCUT2D eigenvalue weighted by molar-refractivity contribution is 6.30. The van der Waals surface area contributed by atoms with Crippen molar-refractivity contribution in [2.24, 2.45) is 0 Å². The van der Waals surface area contributed by atoms with Gasteiger partial charge in [-0.25, -0.2) is 4.90 Å². The topological polar surface area (TPSA) is 57.7 Å². The molecule has 0 aromatic heterocycles. The minimum Gasteiger partial charge on any atom is -0.286 e. The molecule has 3 rings (SSSR count). The third-order valence-electron chi connectivity index (χ3n) is 3.74. The van der Waals surface area contributed by atoms with Crippen molar-refractivity contribution in [2.45, 2.75) is 25.1 Å². The zero-order chi connectivity index (χ0) is 15.6. The molecule has 1 unspecified atom stereocenters. The second-order valence-electron chi connectivity index (χ2n) is 4.91. The Bertz CT molecular complexity index is 685. The number of hydrogen-bond acceptors (Lipinski definition) is 3. The first-order valence-electron chi connectivity index (χ1n) is 6.06. The van der Waals surface area contributed by atoms with Gasteiger partial charge in [0.1, 0.15) is 0 Å². The van der Waals surface area contributed by atoms with E-state index in [0.29, 0.717) is 9.80 Å². The number of nitrogens with zero attached hydrogens (tertiary/aromatic N) is 2. The molecule has 1 saturated heterocycles. The zero-order valence-corrected chi connectivity index (χ0v) is 10.8. The number of hydrogen-bond donors (Lipinski definition) is 0. The summed E-state index contributed by atoms with van der Waals surface area (Å²) < 4.78 is 40.3. The SMILES string of the molecule is CC(=O)N1C(=O)C2(C(F)(F)F)CC(=O)N2c2ccccc21. The van der Waals surface area contributed by atoms with Crippen molar-refractivity contribution in [1.82, 2.24) is 0 Å². The van der Waals surface area contributed by atoms with Crippen LogP contribution in [-0.4, -0.2) is 29.4 Å². The molecule has 1 fully saturated rings. The number of β-lactam (4-membered cyclic amide) rings is 1. The lowest BCUT2D eigenvalue weighted by atomic mass is 9.78. The van der Waals surface area contributed by atoms with Crippen LogP contribution in [-0.2, 0) is 14.4 Å². The number of halogens is 3. The number of fused-ring (bicyclic) bond motifs is 3. The molecule has 0 N–H and O–H groups in total. The fourth-order valence-electron chi connectivity index (χ4n) is 2.81. The number of imide groups is 1. The third-order valence-corrected chi connectivity index (χ3v) is 3.74. The molecule has 2 aliphatic rings. The molecule has 21 heavy (non-hydrogen) atoms. The highest BCUT2D eigenvalue weighted by Gasteiger charge is 2.75. The predicted molar refractivity (Wildman–Crippen MR) is 65.5 cm³/mol. The Labute approximate surface area is 116 Å². The van der Waals surface area contributed by atoms with E-state index < -0.39 is 35.9 Å². The highest BCUT2D eigenvalue weighted by Crippen LogP contribution is 2.54. The van der Waals surface area contributed by atoms with Crippen LogP contribution in [0.1, 0.15) is 13.3 Å². The van der Waals surface area contributed by atoms with E-state index in [9.17, 15) is 27.6 Å². The summed E-state index contributed by atoms with van der Waals surface area (Å²) in [7, 11) is 0. The number of anilines is 2. The molecule has 1 atom stereocenters. The largest absolute Gasteiger partial charge is 0.421 e. The number of carbonyl (C=O) groups excluding carboxylic acids is 3. The number of para-hydroxylation sites is 2. The smallest absolute Gasteiger partial charge is 0.286 e. The molecule has 1 aromatic carbocycles. The molecule has 3 amide bonds. The molecular formula is C13H9F3N2O3. The van der Waals surface area contributed by atoms with E-state index in [0.717, 1.165) is 6.92 Å². The van der Waals surface area contributed by atoms with Gasteiger partial charge in [-0.2, -0.15) is 13.2 Å². The van der Waals surface area contributed by atoms with Crippen molar-refractivity contribution in [1.29, 1.82) is 0 Å². The van der Waals surface area contributed by atoms with Gasteiger partial charge in [0.15, 0.2) is 0 Å². The molecule has 0 bridgehead atoms. The van der Waals surface area contributed by atoms with Crippen LogP contribution in [0, 0.1) is 0 Å². The number of carbonyl (C=O) groups is 3. The normalized spacial score (nSPS) is 24.4. The fraction of sp³-hybridized carbons (Fsp3) is 0.308. The first-order valence-corrected chi connectivity index (χ1v) is 6.06. The van der Waals surface area contributed by atoms with Crippen molar-refractivity contribution in [3.63, 3.8) is 0 Å². The molecule has 0 radical (unpaired) electrons. The standard InChI is InChI=1S/C13H9F3N2O3/c1-7(19)17-8-4-2-3-5-9(8)18-10(20)6-12(18,11(17)21)13(14,15)16/h2-5H,6H2,1H3. The second kappa shape index (κ2) is 3.84. The Kier molecular flexibility index (Phi) is 2.48. The van der Waals surface area contributed by atoms with Crippen LogP contribution >= 0.6 is 0 Å². The minimum absolute atomic E-state index is 0.0112. The van der Waals surface area contributed by atoms with Gasteiger partial charge in [0.05, 0.1) is 17.8 Å². The Balaban J connectivity index is 2.30. The molecule has 1 aromatic rings. The van der Waals surface area contributed by atoms with E-state index in [1.165, 1.54) is 24.3 Å². The average molecular weight is 298 g/mol. The maximum Gasteiger partial charge on any atom is 0.421 e. The van der Waals surface area contributed by atoms with Crippen LogP contribution in [0.3, 0.4) is 0 Å². The zero-order valence-electron chi connectivity index (χ0n) is 10.8. The van der Waals surface area contributed by atoms with Crippen LogP contribution in [0.4, 0.5) is 24.5 Å². The summed E-state index contributed by atoms with van der Waals surface area (Å²) in [6, 6.07) is 5.54. The molecule has 0 saturated carbocycles. The van der Waals surface area contributed by atoms with Gasteiger partial charge in [-0.15, -0.1) is 0 Å². The van der Waals surface area contributed by atoms with Crippen LogP contribution in [0.25, 0.3) is 0 Å². The van der Waals surface area contributed by atoms with Crippen molar-refractivity contribution >= 4 is 29.1 Å².